The van der Waals surface area contributed by atoms with Gasteiger partial charge in [-0.2, -0.15) is 0 Å². The molecule has 0 saturated carbocycles. The van der Waals surface area contributed by atoms with E-state index in [1.165, 1.54) is 57.8 Å². The summed E-state index contributed by atoms with van der Waals surface area (Å²) in [5.41, 5.74) is 0. The van der Waals surface area contributed by atoms with Crippen molar-refractivity contribution in [3.05, 3.63) is 0 Å². The van der Waals surface area contributed by atoms with Crippen molar-refractivity contribution in [2.75, 3.05) is 0 Å². The molecule has 0 unspecified atom stereocenters. The quantitative estimate of drug-likeness (QED) is 0.210. The van der Waals surface area contributed by atoms with Crippen molar-refractivity contribution in [3.8, 4) is 0 Å². The van der Waals surface area contributed by atoms with E-state index in [-0.39, 0.29) is 0 Å². The van der Waals surface area contributed by atoms with Gasteiger partial charge in [0.25, 0.3) is 0 Å². The van der Waals surface area contributed by atoms with Gasteiger partial charge < -0.3 is 0 Å². The fraction of sp³-hybridized carbons (Fsp3) is 1.00. The van der Waals surface area contributed by atoms with Gasteiger partial charge in [-0.1, -0.05) is 0 Å². The van der Waals surface area contributed by atoms with Gasteiger partial charge in [0.05, 0.1) is 0 Å². The van der Waals surface area contributed by atoms with E-state index in [0.717, 1.165) is 3.93 Å². The van der Waals surface area contributed by atoms with E-state index in [0.29, 0.717) is 0 Å². The Morgan fingerprint density at radius 1 is 0.600 bits per heavy atom. The molecule has 122 valence electrons. The molecule has 0 saturated heterocycles. The molecule has 0 aliphatic heterocycles. The molecule has 0 heterocycles. The minimum absolute atomic E-state index is 1.14. The van der Waals surface area contributed by atoms with Crippen LogP contribution in [0.4, 0.5) is 0 Å². The number of unbranched alkanes of at least 4 members (excludes halogenated alkanes) is 5. The van der Waals surface area contributed by atoms with Gasteiger partial charge in [0.1, 0.15) is 0 Å². The van der Waals surface area contributed by atoms with Gasteiger partial charge in [-0.15, -0.1) is 0 Å². The molecule has 0 radical (unpaired) electrons. The van der Waals surface area contributed by atoms with Gasteiger partial charge >= 0.3 is 134 Å². The summed E-state index contributed by atoms with van der Waals surface area (Å²) in [5.74, 6) is 0. The Morgan fingerprint density at radius 2 is 1.00 bits per heavy atom. The molecule has 0 aromatic rings. The van der Waals surface area contributed by atoms with Crippen molar-refractivity contribution in [1.29, 1.82) is 0 Å². The predicted molar refractivity (Wildman–Crippen MR) is 98.5 cm³/mol. The van der Waals surface area contributed by atoms with Crippen LogP contribution >= 0.6 is 0 Å². The summed E-state index contributed by atoms with van der Waals surface area (Å²) in [5, 5.41) is 0. The third-order valence-corrected chi connectivity index (χ3v) is 23.7. The van der Waals surface area contributed by atoms with Crippen molar-refractivity contribution in [2.45, 2.75) is 116 Å². The van der Waals surface area contributed by atoms with Crippen molar-refractivity contribution >= 4 is 18.4 Å². The molecule has 0 bridgehead atoms. The Bertz CT molecular complexity index is 178. The molecule has 0 aliphatic rings. The van der Waals surface area contributed by atoms with E-state index in [9.17, 15) is 0 Å². The molecule has 0 rings (SSSR count). The van der Waals surface area contributed by atoms with Crippen molar-refractivity contribution in [1.82, 2.24) is 0 Å². The van der Waals surface area contributed by atoms with Crippen molar-refractivity contribution in [3.63, 3.8) is 0 Å². The summed E-state index contributed by atoms with van der Waals surface area (Å²) in [6.45, 7) is 12.2. The summed E-state index contributed by atoms with van der Waals surface area (Å²) in [6, 6.07) is 0. The van der Waals surface area contributed by atoms with Crippen LogP contribution in [0, 0.1) is 0 Å². The van der Waals surface area contributed by atoms with Crippen LogP contribution in [-0.2, 0) is 0 Å². The zero-order chi connectivity index (χ0) is 15.3. The Balaban J connectivity index is 4.71. The second kappa shape index (κ2) is 13.5. The third kappa shape index (κ3) is 8.29. The van der Waals surface area contributed by atoms with E-state index in [1.54, 1.807) is 19.7 Å². The summed E-state index contributed by atoms with van der Waals surface area (Å²) in [6.07, 6.45) is 14.7. The molecule has 1 heteroatoms. The van der Waals surface area contributed by atoms with E-state index in [2.05, 4.69) is 34.6 Å². The second-order valence-corrected chi connectivity index (χ2v) is 21.9. The first-order chi connectivity index (χ1) is 9.66. The predicted octanol–water partition coefficient (Wildman–Crippen LogP) is 7.81. The zero-order valence-electron chi connectivity index (χ0n) is 15.3. The molecule has 1 atom stereocenters. The van der Waals surface area contributed by atoms with Gasteiger partial charge in [-0.3, -0.25) is 0 Å². The van der Waals surface area contributed by atoms with Crippen molar-refractivity contribution < 1.29 is 0 Å². The maximum absolute atomic E-state index is 2.66. The van der Waals surface area contributed by atoms with E-state index in [4.69, 9.17) is 0 Å². The van der Waals surface area contributed by atoms with Gasteiger partial charge in [0, 0.05) is 0 Å². The molecule has 0 aromatic heterocycles. The van der Waals surface area contributed by atoms with Crippen LogP contribution in [0.2, 0.25) is 17.2 Å². The van der Waals surface area contributed by atoms with Gasteiger partial charge in [-0.05, 0) is 0 Å². The molecular formula is C19H42Sn. The van der Waals surface area contributed by atoms with Crippen LogP contribution in [0.15, 0.2) is 0 Å². The number of rotatable bonds is 14. The Kier molecular flexibility index (Phi) is 14.0. The molecule has 0 N–H and O–H groups in total. The first-order valence-electron chi connectivity index (χ1n) is 9.66. The van der Waals surface area contributed by atoms with Crippen LogP contribution in [0.25, 0.3) is 0 Å². The first kappa shape index (κ1) is 20.8. The number of hydrogen-bond donors (Lipinski definition) is 0. The zero-order valence-corrected chi connectivity index (χ0v) is 18.1. The maximum atomic E-state index is 2.66. The Hall–Kier alpha value is 0.799. The molecule has 0 amide bonds. The second-order valence-electron chi connectivity index (χ2n) is 7.07. The van der Waals surface area contributed by atoms with Gasteiger partial charge in [0.15, 0.2) is 0 Å². The Labute approximate surface area is 134 Å². The van der Waals surface area contributed by atoms with Gasteiger partial charge in [-0.25, -0.2) is 0 Å². The summed E-state index contributed by atoms with van der Waals surface area (Å²) in [7, 11) is 0. The van der Waals surface area contributed by atoms with Crippen LogP contribution < -0.4 is 0 Å². The molecule has 0 fully saturated rings. The average molecular weight is 389 g/mol. The monoisotopic (exact) mass is 390 g/mol. The standard InChI is InChI=1S/C7H15.3C4H9.Sn/c1-3-5-7-6-4-2;3*1-3-4-2;/h3H,4-7H2,1-2H3;3*1,3-4H2,2H3;. The molecule has 0 aromatic carbocycles. The fourth-order valence-electron chi connectivity index (χ4n) is 3.71. The minimum atomic E-state index is -1.87. The molecule has 20 heavy (non-hydrogen) atoms. The van der Waals surface area contributed by atoms with E-state index < -0.39 is 18.4 Å². The van der Waals surface area contributed by atoms with Crippen LogP contribution in [0.5, 0.6) is 0 Å². The molecule has 0 spiro atoms. The van der Waals surface area contributed by atoms with Crippen LogP contribution in [0.3, 0.4) is 0 Å². The summed E-state index contributed by atoms with van der Waals surface area (Å²) < 4.78 is 6.22. The SMILES string of the molecule is CCCCC[C@H](C)[Sn]([CH2]CCC)([CH2]CCC)[CH2]CCC. The van der Waals surface area contributed by atoms with E-state index >= 15 is 0 Å². The van der Waals surface area contributed by atoms with Crippen LogP contribution in [-0.4, -0.2) is 18.4 Å². The average Bonchev–Trinajstić information content (AvgIpc) is 2.47. The summed E-state index contributed by atoms with van der Waals surface area (Å²) >= 11 is -1.87. The molecule has 0 aliphatic carbocycles. The normalized spacial score (nSPS) is 13.7. The summed E-state index contributed by atoms with van der Waals surface area (Å²) in [4.78, 5) is 0. The number of hydrogen-bond acceptors (Lipinski definition) is 0. The third-order valence-electron chi connectivity index (χ3n) is 5.37. The van der Waals surface area contributed by atoms with Gasteiger partial charge in [0.2, 0.25) is 0 Å². The topological polar surface area (TPSA) is 0 Å². The molecular weight excluding hydrogens is 347 g/mol. The van der Waals surface area contributed by atoms with Crippen LogP contribution in [0.1, 0.15) is 98.8 Å². The Morgan fingerprint density at radius 3 is 1.35 bits per heavy atom. The van der Waals surface area contributed by atoms with Crippen molar-refractivity contribution in [2.24, 2.45) is 0 Å². The first-order valence-corrected chi connectivity index (χ1v) is 17.4. The fourth-order valence-corrected chi connectivity index (χ4v) is 21.5. The van der Waals surface area contributed by atoms with E-state index in [1.807, 2.05) is 0 Å². The molecule has 0 nitrogen and oxygen atoms in total.